The SMILES string of the molecule is CCN(C(=O)Nc1cccn(Cc2ccc(F)cc2)c1=O)[C@H]1CCN(Cc2ccccc2)C1. The smallest absolute Gasteiger partial charge is 0.320 e. The van der Waals surface area contributed by atoms with Crippen molar-refractivity contribution in [2.75, 3.05) is 25.0 Å². The largest absolute Gasteiger partial charge is 0.322 e. The van der Waals surface area contributed by atoms with Crippen LogP contribution in [0.5, 0.6) is 0 Å². The molecule has 0 aliphatic carbocycles. The molecule has 0 spiro atoms. The van der Waals surface area contributed by atoms with Gasteiger partial charge in [0.05, 0.1) is 6.54 Å². The molecule has 0 saturated carbocycles. The van der Waals surface area contributed by atoms with E-state index in [2.05, 4.69) is 22.3 Å². The predicted octanol–water partition coefficient (Wildman–Crippen LogP) is 4.16. The van der Waals surface area contributed by atoms with Crippen molar-refractivity contribution in [1.82, 2.24) is 14.4 Å². The number of hydrogen-bond acceptors (Lipinski definition) is 3. The maximum absolute atomic E-state index is 13.2. The molecule has 2 amide bonds. The third-order valence-electron chi connectivity index (χ3n) is 6.07. The van der Waals surface area contributed by atoms with Crippen LogP contribution in [0.25, 0.3) is 0 Å². The van der Waals surface area contributed by atoms with E-state index in [0.717, 1.165) is 31.6 Å². The van der Waals surface area contributed by atoms with Crippen molar-refractivity contribution >= 4 is 11.7 Å². The number of nitrogens with one attached hydrogen (secondary N) is 1. The molecular weight excluding hydrogens is 419 g/mol. The molecule has 0 radical (unpaired) electrons. The summed E-state index contributed by atoms with van der Waals surface area (Å²) in [5.41, 5.74) is 2.02. The van der Waals surface area contributed by atoms with Crippen LogP contribution in [0.3, 0.4) is 0 Å². The first kappa shape index (κ1) is 22.7. The number of benzene rings is 2. The fourth-order valence-electron chi connectivity index (χ4n) is 4.35. The Morgan fingerprint density at radius 2 is 1.76 bits per heavy atom. The van der Waals surface area contributed by atoms with Crippen LogP contribution in [0.1, 0.15) is 24.5 Å². The third-order valence-corrected chi connectivity index (χ3v) is 6.07. The van der Waals surface area contributed by atoms with Gasteiger partial charge in [-0.2, -0.15) is 0 Å². The van der Waals surface area contributed by atoms with Crippen molar-refractivity contribution in [3.8, 4) is 0 Å². The zero-order valence-electron chi connectivity index (χ0n) is 18.8. The van der Waals surface area contributed by atoms with Gasteiger partial charge in [-0.15, -0.1) is 0 Å². The minimum atomic E-state index is -0.319. The fraction of sp³-hybridized carbons (Fsp3) is 0.308. The van der Waals surface area contributed by atoms with Gasteiger partial charge in [0, 0.05) is 38.4 Å². The fourth-order valence-corrected chi connectivity index (χ4v) is 4.35. The lowest BCUT2D eigenvalue weighted by Gasteiger charge is -2.28. The van der Waals surface area contributed by atoms with Gasteiger partial charge in [0.15, 0.2) is 0 Å². The lowest BCUT2D eigenvalue weighted by molar-refractivity contribution is 0.189. The van der Waals surface area contributed by atoms with Crippen molar-refractivity contribution in [2.24, 2.45) is 0 Å². The number of carbonyl (C=O) groups is 1. The van der Waals surface area contributed by atoms with Crippen LogP contribution in [0.2, 0.25) is 0 Å². The van der Waals surface area contributed by atoms with Crippen LogP contribution in [0.15, 0.2) is 77.7 Å². The summed E-state index contributed by atoms with van der Waals surface area (Å²) in [5.74, 6) is -0.319. The van der Waals surface area contributed by atoms with Gasteiger partial charge < -0.3 is 14.8 Å². The summed E-state index contributed by atoms with van der Waals surface area (Å²) < 4.78 is 14.7. The van der Waals surface area contributed by atoms with E-state index in [9.17, 15) is 14.0 Å². The molecule has 1 N–H and O–H groups in total. The Bertz CT molecular complexity index is 1130. The van der Waals surface area contributed by atoms with Gasteiger partial charge in [-0.1, -0.05) is 42.5 Å². The van der Waals surface area contributed by atoms with Gasteiger partial charge in [-0.25, -0.2) is 9.18 Å². The maximum Gasteiger partial charge on any atom is 0.322 e. The number of rotatable bonds is 7. The van der Waals surface area contributed by atoms with Crippen molar-refractivity contribution in [3.63, 3.8) is 0 Å². The number of carbonyl (C=O) groups excluding carboxylic acids is 1. The maximum atomic E-state index is 13.2. The second-order valence-corrected chi connectivity index (χ2v) is 8.36. The number of urea groups is 1. The minimum Gasteiger partial charge on any atom is -0.320 e. The summed E-state index contributed by atoms with van der Waals surface area (Å²) in [7, 11) is 0. The highest BCUT2D eigenvalue weighted by Crippen LogP contribution is 2.19. The van der Waals surface area contributed by atoms with E-state index in [1.54, 1.807) is 30.5 Å². The monoisotopic (exact) mass is 448 g/mol. The molecule has 2 heterocycles. The van der Waals surface area contributed by atoms with Crippen molar-refractivity contribution < 1.29 is 9.18 Å². The Morgan fingerprint density at radius 1 is 1.03 bits per heavy atom. The van der Waals surface area contributed by atoms with E-state index in [1.165, 1.54) is 22.3 Å². The summed E-state index contributed by atoms with van der Waals surface area (Å²) in [5, 5.41) is 2.81. The zero-order valence-corrected chi connectivity index (χ0v) is 18.8. The summed E-state index contributed by atoms with van der Waals surface area (Å²) in [6.07, 6.45) is 2.56. The number of pyridine rings is 1. The number of nitrogens with zero attached hydrogens (tertiary/aromatic N) is 3. The van der Waals surface area contributed by atoms with E-state index in [-0.39, 0.29) is 29.1 Å². The molecule has 1 aliphatic rings. The first-order valence-corrected chi connectivity index (χ1v) is 11.3. The Hall–Kier alpha value is -3.45. The van der Waals surface area contributed by atoms with E-state index >= 15 is 0 Å². The second-order valence-electron chi connectivity index (χ2n) is 8.36. The average Bonchev–Trinajstić information content (AvgIpc) is 3.27. The van der Waals surface area contributed by atoms with Gasteiger partial charge >= 0.3 is 6.03 Å². The molecule has 1 aromatic heterocycles. The van der Waals surface area contributed by atoms with Gasteiger partial charge in [0.25, 0.3) is 5.56 Å². The molecule has 1 aliphatic heterocycles. The highest BCUT2D eigenvalue weighted by atomic mass is 19.1. The lowest BCUT2D eigenvalue weighted by Crippen LogP contribution is -2.45. The minimum absolute atomic E-state index is 0.101. The Balaban J connectivity index is 1.40. The van der Waals surface area contributed by atoms with E-state index in [1.807, 2.05) is 30.0 Å². The third kappa shape index (κ3) is 5.68. The molecule has 6 nitrogen and oxygen atoms in total. The molecule has 4 rings (SSSR count). The standard InChI is InChI=1S/C26H29FN4O2/c1-2-31(23-14-16-29(19-23)17-20-7-4-3-5-8-20)26(33)28-24-9-6-15-30(25(24)32)18-21-10-12-22(27)13-11-21/h3-13,15,23H,2,14,16-19H2,1H3,(H,28,33)/t23-/m0/s1. The van der Waals surface area contributed by atoms with Crippen LogP contribution >= 0.6 is 0 Å². The first-order valence-electron chi connectivity index (χ1n) is 11.3. The molecule has 33 heavy (non-hydrogen) atoms. The number of halogens is 1. The van der Waals surface area contributed by atoms with Crippen LogP contribution < -0.4 is 10.9 Å². The number of likely N-dealkylation sites (N-methyl/N-ethyl adjacent to an activating group) is 1. The number of amides is 2. The average molecular weight is 449 g/mol. The quantitative estimate of drug-likeness (QED) is 0.590. The topological polar surface area (TPSA) is 57.6 Å². The zero-order chi connectivity index (χ0) is 23.2. The van der Waals surface area contributed by atoms with Crippen LogP contribution in [0, 0.1) is 5.82 Å². The lowest BCUT2D eigenvalue weighted by atomic mass is 10.2. The highest BCUT2D eigenvalue weighted by molar-refractivity contribution is 5.89. The first-order chi connectivity index (χ1) is 16.0. The van der Waals surface area contributed by atoms with Gasteiger partial charge in [-0.05, 0) is 48.7 Å². The predicted molar refractivity (Wildman–Crippen MR) is 128 cm³/mol. The van der Waals surface area contributed by atoms with Crippen LogP contribution in [-0.2, 0) is 13.1 Å². The molecule has 3 aromatic rings. The van der Waals surface area contributed by atoms with E-state index in [0.29, 0.717) is 13.1 Å². The molecular formula is C26H29FN4O2. The van der Waals surface area contributed by atoms with Crippen LogP contribution in [-0.4, -0.2) is 46.1 Å². The van der Waals surface area contributed by atoms with Crippen molar-refractivity contribution in [3.05, 3.63) is 100 Å². The normalized spacial score (nSPS) is 16.0. The number of hydrogen-bond donors (Lipinski definition) is 1. The molecule has 1 saturated heterocycles. The Labute approximate surface area is 193 Å². The van der Waals surface area contributed by atoms with Crippen molar-refractivity contribution in [2.45, 2.75) is 32.5 Å². The Kier molecular flexibility index (Phi) is 7.19. The molecule has 172 valence electrons. The summed E-state index contributed by atoms with van der Waals surface area (Å²) in [6.45, 7) is 5.42. The number of likely N-dealkylation sites (tertiary alicyclic amines) is 1. The van der Waals surface area contributed by atoms with E-state index in [4.69, 9.17) is 0 Å². The molecule has 1 atom stereocenters. The van der Waals surface area contributed by atoms with Gasteiger partial charge in [0.1, 0.15) is 11.5 Å². The molecule has 7 heteroatoms. The van der Waals surface area contributed by atoms with Crippen molar-refractivity contribution in [1.29, 1.82) is 0 Å². The highest BCUT2D eigenvalue weighted by Gasteiger charge is 2.30. The van der Waals surface area contributed by atoms with Gasteiger partial charge in [-0.3, -0.25) is 9.69 Å². The van der Waals surface area contributed by atoms with Gasteiger partial charge in [0.2, 0.25) is 0 Å². The van der Waals surface area contributed by atoms with E-state index < -0.39 is 0 Å². The number of anilines is 1. The molecule has 2 aromatic carbocycles. The summed E-state index contributed by atoms with van der Waals surface area (Å²) in [4.78, 5) is 30.1. The summed E-state index contributed by atoms with van der Waals surface area (Å²) >= 11 is 0. The Morgan fingerprint density at radius 3 is 2.48 bits per heavy atom. The second kappa shape index (κ2) is 10.4. The summed E-state index contributed by atoms with van der Waals surface area (Å²) in [6, 6.07) is 19.5. The van der Waals surface area contributed by atoms with Crippen LogP contribution in [0.4, 0.5) is 14.9 Å². The molecule has 0 bridgehead atoms. The molecule has 0 unspecified atom stereocenters. The molecule has 1 fully saturated rings. The number of aromatic nitrogens is 1.